The van der Waals surface area contributed by atoms with Crippen molar-refractivity contribution < 1.29 is 9.53 Å². The van der Waals surface area contributed by atoms with Crippen LogP contribution in [0.3, 0.4) is 0 Å². The fraction of sp³-hybridized carbons (Fsp3) is 0.188. The molecule has 8 heteroatoms. The Bertz CT molecular complexity index is 939. The lowest BCUT2D eigenvalue weighted by molar-refractivity contribution is -0.139. The molecule has 0 saturated heterocycles. The highest BCUT2D eigenvalue weighted by Crippen LogP contribution is 2.32. The van der Waals surface area contributed by atoms with Crippen molar-refractivity contribution in [2.45, 2.75) is 17.7 Å². The molecule has 24 heavy (non-hydrogen) atoms. The minimum absolute atomic E-state index is 0.171. The Hall–Kier alpha value is -2.50. The molecule has 0 aliphatic rings. The number of methoxy groups -OCH3 is 1. The van der Waals surface area contributed by atoms with Crippen LogP contribution in [-0.2, 0) is 16.0 Å². The van der Waals surface area contributed by atoms with E-state index in [0.29, 0.717) is 11.3 Å². The number of nitriles is 1. The van der Waals surface area contributed by atoms with Crippen molar-refractivity contribution in [3.63, 3.8) is 0 Å². The summed E-state index contributed by atoms with van der Waals surface area (Å²) in [5.41, 5.74) is 4.15. The number of rotatable bonds is 5. The van der Waals surface area contributed by atoms with E-state index in [0.717, 1.165) is 26.5 Å². The van der Waals surface area contributed by atoms with Gasteiger partial charge in [0.2, 0.25) is 0 Å². The normalized spacial score (nSPS) is 10.5. The van der Waals surface area contributed by atoms with Crippen LogP contribution < -0.4 is 4.72 Å². The zero-order valence-corrected chi connectivity index (χ0v) is 14.7. The molecular formula is C16H14N4O2S2. The Balaban J connectivity index is 1.77. The summed E-state index contributed by atoms with van der Waals surface area (Å²) in [4.78, 5) is 18.8. The number of esters is 1. The summed E-state index contributed by atoms with van der Waals surface area (Å²) in [5.74, 6) is -0.305. The summed E-state index contributed by atoms with van der Waals surface area (Å²) in [6.07, 6.45) is 1.88. The molecule has 2 heterocycles. The molecule has 0 amide bonds. The van der Waals surface area contributed by atoms with E-state index in [1.54, 1.807) is 6.20 Å². The Morgan fingerprint density at radius 2 is 2.38 bits per heavy atom. The molecular weight excluding hydrogens is 344 g/mol. The summed E-state index contributed by atoms with van der Waals surface area (Å²) in [5, 5.41) is 12.0. The van der Waals surface area contributed by atoms with Crippen molar-refractivity contribution >= 4 is 45.8 Å². The maximum absolute atomic E-state index is 11.3. The Morgan fingerprint density at radius 3 is 3.12 bits per heavy atom. The van der Waals surface area contributed by atoms with Gasteiger partial charge in [0.1, 0.15) is 6.07 Å². The lowest BCUT2D eigenvalue weighted by Gasteiger charge is -2.06. The first kappa shape index (κ1) is 16.4. The molecule has 122 valence electrons. The van der Waals surface area contributed by atoms with Crippen LogP contribution in [0.25, 0.3) is 10.9 Å². The second-order valence-corrected chi connectivity index (χ2v) is 6.97. The molecule has 0 atom stereocenters. The maximum Gasteiger partial charge on any atom is 0.311 e. The van der Waals surface area contributed by atoms with Gasteiger partial charge >= 0.3 is 5.97 Å². The molecule has 2 N–H and O–H groups in total. The molecule has 0 unspecified atom stereocenters. The largest absolute Gasteiger partial charge is 0.469 e. The molecule has 0 radical (unpaired) electrons. The molecule has 3 aromatic rings. The first-order valence-corrected chi connectivity index (χ1v) is 8.77. The first-order valence-electron chi connectivity index (χ1n) is 7.07. The zero-order valence-electron chi connectivity index (χ0n) is 13.0. The van der Waals surface area contributed by atoms with Gasteiger partial charge in [0.05, 0.1) is 36.0 Å². The highest BCUT2D eigenvalue weighted by atomic mass is 32.2. The number of aryl methyl sites for hydroxylation is 1. The number of H-pyrrole nitrogens is 1. The number of hydrogen-bond donors (Lipinski definition) is 2. The second-order valence-electron chi connectivity index (χ2n) is 5.06. The fourth-order valence-corrected chi connectivity index (χ4v) is 3.86. The van der Waals surface area contributed by atoms with Crippen LogP contribution in [-0.4, -0.2) is 23.0 Å². The van der Waals surface area contributed by atoms with Crippen molar-refractivity contribution in [2.24, 2.45) is 0 Å². The minimum Gasteiger partial charge on any atom is -0.469 e. The topological polar surface area (TPSA) is 90.8 Å². The molecule has 6 nitrogen and oxygen atoms in total. The lowest BCUT2D eigenvalue weighted by Crippen LogP contribution is -2.04. The summed E-state index contributed by atoms with van der Waals surface area (Å²) in [6, 6.07) is 6.14. The highest BCUT2D eigenvalue weighted by Gasteiger charge is 2.12. The molecule has 0 aliphatic heterocycles. The van der Waals surface area contributed by atoms with Crippen LogP contribution in [0.4, 0.5) is 5.69 Å². The number of carbonyl (C=O) groups excluding carboxylic acids is 1. The number of aromatic nitrogens is 2. The van der Waals surface area contributed by atoms with Crippen LogP contribution in [0.2, 0.25) is 0 Å². The molecule has 0 fully saturated rings. The predicted octanol–water partition coefficient (Wildman–Crippen LogP) is 3.64. The van der Waals surface area contributed by atoms with Gasteiger partial charge in [0.15, 0.2) is 4.34 Å². The van der Waals surface area contributed by atoms with E-state index in [9.17, 15) is 10.1 Å². The average molecular weight is 358 g/mol. The van der Waals surface area contributed by atoms with E-state index in [4.69, 9.17) is 0 Å². The number of benzene rings is 1. The fourth-order valence-electron chi connectivity index (χ4n) is 2.33. The number of nitrogens with one attached hydrogen (secondary N) is 2. The number of anilines is 1. The third-order valence-electron chi connectivity index (χ3n) is 3.50. The number of nitrogens with zero attached hydrogens (tertiary/aromatic N) is 2. The van der Waals surface area contributed by atoms with E-state index in [1.165, 1.54) is 30.4 Å². The minimum atomic E-state index is -0.305. The second kappa shape index (κ2) is 6.95. The molecule has 0 bridgehead atoms. The van der Waals surface area contributed by atoms with Crippen LogP contribution in [0.1, 0.15) is 16.8 Å². The van der Waals surface area contributed by atoms with Crippen molar-refractivity contribution in [3.8, 4) is 6.07 Å². The molecule has 3 rings (SSSR count). The Labute approximate surface area is 147 Å². The summed E-state index contributed by atoms with van der Waals surface area (Å²) < 4.78 is 8.70. The number of carbonyl (C=O) groups is 1. The van der Waals surface area contributed by atoms with Gasteiger partial charge in [-0.15, -0.1) is 11.3 Å². The standard InChI is InChI=1S/C16H14N4O2S2/c1-9-3-4-12(15-14(9)10(6-17)7-18-15)20-24-16-19-11(8-23-16)5-13(21)22-2/h3-4,7-8,18,20H,5H2,1-2H3. The molecule has 0 saturated carbocycles. The number of fused-ring (bicyclic) bond motifs is 1. The van der Waals surface area contributed by atoms with E-state index in [1.807, 2.05) is 24.4 Å². The third kappa shape index (κ3) is 3.22. The quantitative estimate of drug-likeness (QED) is 0.534. The van der Waals surface area contributed by atoms with Gasteiger partial charge < -0.3 is 14.4 Å². The van der Waals surface area contributed by atoms with Gasteiger partial charge in [0, 0.05) is 28.9 Å². The molecule has 2 aromatic heterocycles. The van der Waals surface area contributed by atoms with Crippen LogP contribution in [0.5, 0.6) is 0 Å². The highest BCUT2D eigenvalue weighted by molar-refractivity contribution is 8.02. The maximum atomic E-state index is 11.3. The lowest BCUT2D eigenvalue weighted by atomic mass is 10.1. The van der Waals surface area contributed by atoms with E-state index in [-0.39, 0.29) is 12.4 Å². The molecule has 0 aliphatic carbocycles. The summed E-state index contributed by atoms with van der Waals surface area (Å²) in [7, 11) is 1.36. The van der Waals surface area contributed by atoms with Crippen LogP contribution >= 0.6 is 23.3 Å². The monoisotopic (exact) mass is 358 g/mol. The van der Waals surface area contributed by atoms with Crippen molar-refractivity contribution in [3.05, 3.63) is 40.5 Å². The van der Waals surface area contributed by atoms with Gasteiger partial charge in [-0.05, 0) is 18.6 Å². The van der Waals surface area contributed by atoms with Gasteiger partial charge in [-0.3, -0.25) is 4.79 Å². The molecule has 0 spiro atoms. The summed E-state index contributed by atoms with van der Waals surface area (Å²) >= 11 is 2.83. The zero-order chi connectivity index (χ0) is 17.1. The van der Waals surface area contributed by atoms with Crippen molar-refractivity contribution in [1.82, 2.24) is 9.97 Å². The van der Waals surface area contributed by atoms with Gasteiger partial charge in [-0.2, -0.15) is 5.26 Å². The van der Waals surface area contributed by atoms with Crippen LogP contribution in [0, 0.1) is 18.3 Å². The van der Waals surface area contributed by atoms with Gasteiger partial charge in [-0.25, -0.2) is 4.98 Å². The number of thiazole rings is 1. The van der Waals surface area contributed by atoms with E-state index < -0.39 is 0 Å². The van der Waals surface area contributed by atoms with Gasteiger partial charge in [0.25, 0.3) is 0 Å². The van der Waals surface area contributed by atoms with E-state index >= 15 is 0 Å². The average Bonchev–Trinajstić information content (AvgIpc) is 3.21. The summed E-state index contributed by atoms with van der Waals surface area (Å²) in [6.45, 7) is 1.98. The Morgan fingerprint density at radius 1 is 1.54 bits per heavy atom. The van der Waals surface area contributed by atoms with Crippen molar-refractivity contribution in [1.29, 1.82) is 5.26 Å². The van der Waals surface area contributed by atoms with Gasteiger partial charge in [-0.1, -0.05) is 6.07 Å². The predicted molar refractivity (Wildman–Crippen MR) is 95.1 cm³/mol. The third-order valence-corrected chi connectivity index (χ3v) is 5.31. The van der Waals surface area contributed by atoms with Crippen LogP contribution in [0.15, 0.2) is 28.0 Å². The first-order chi connectivity index (χ1) is 11.6. The molecule has 1 aromatic carbocycles. The Kier molecular flexibility index (Phi) is 4.74. The SMILES string of the molecule is COC(=O)Cc1csc(SNc2ccc(C)c3c(C#N)c[nH]c23)n1. The number of ether oxygens (including phenoxy) is 1. The van der Waals surface area contributed by atoms with Crippen molar-refractivity contribution in [2.75, 3.05) is 11.8 Å². The number of aromatic amines is 1. The smallest absolute Gasteiger partial charge is 0.311 e. The number of hydrogen-bond acceptors (Lipinski definition) is 7. The van der Waals surface area contributed by atoms with E-state index in [2.05, 4.69) is 25.5 Å².